The molecule has 0 saturated heterocycles. The summed E-state index contributed by atoms with van der Waals surface area (Å²) >= 11 is 0. The number of hydrogen-bond donors (Lipinski definition) is 3. The molecule has 0 saturated carbocycles. The molecule has 3 atom stereocenters. The molecule has 0 fully saturated rings. The molecule has 0 aromatic heterocycles. The summed E-state index contributed by atoms with van der Waals surface area (Å²) in [6.07, 6.45) is 14.5. The van der Waals surface area contributed by atoms with Gasteiger partial charge in [-0.25, -0.2) is 0 Å². The standard InChI is InChI=1S/C20H43NO3/c1-4-5-6-7-8-9-10-11-12-13-14-15-16-19(23)20(24)18(17-22)21(2)3/h18-20,22-24H,4-17H2,1-3H3/t18-,19+,20-/m0/s1. The van der Waals surface area contributed by atoms with Crippen molar-refractivity contribution in [2.24, 2.45) is 0 Å². The summed E-state index contributed by atoms with van der Waals surface area (Å²) in [5.74, 6) is 0. The largest absolute Gasteiger partial charge is 0.395 e. The van der Waals surface area contributed by atoms with E-state index in [1.807, 2.05) is 0 Å². The van der Waals surface area contributed by atoms with Gasteiger partial charge >= 0.3 is 0 Å². The van der Waals surface area contributed by atoms with Gasteiger partial charge in [-0.2, -0.15) is 0 Å². The Labute approximate surface area is 150 Å². The van der Waals surface area contributed by atoms with Gasteiger partial charge in [-0.15, -0.1) is 0 Å². The van der Waals surface area contributed by atoms with E-state index in [2.05, 4.69) is 6.92 Å². The molecule has 0 aliphatic heterocycles. The minimum Gasteiger partial charge on any atom is -0.395 e. The minimum absolute atomic E-state index is 0.135. The van der Waals surface area contributed by atoms with Gasteiger partial charge in [0.15, 0.2) is 0 Å². The van der Waals surface area contributed by atoms with Gasteiger partial charge in [0.05, 0.1) is 24.9 Å². The van der Waals surface area contributed by atoms with Crippen molar-refractivity contribution in [3.63, 3.8) is 0 Å². The second kappa shape index (κ2) is 16.3. The maximum absolute atomic E-state index is 10.1. The Balaban J connectivity index is 3.46. The second-order valence-corrected chi connectivity index (χ2v) is 7.45. The van der Waals surface area contributed by atoms with Crippen LogP contribution in [0.3, 0.4) is 0 Å². The molecule has 0 aliphatic rings. The van der Waals surface area contributed by atoms with Crippen LogP contribution in [0, 0.1) is 0 Å². The van der Waals surface area contributed by atoms with E-state index < -0.39 is 18.2 Å². The molecule has 0 spiro atoms. The van der Waals surface area contributed by atoms with Crippen LogP contribution < -0.4 is 0 Å². The van der Waals surface area contributed by atoms with Crippen LogP contribution in [0.25, 0.3) is 0 Å². The summed E-state index contributed by atoms with van der Waals surface area (Å²) in [5, 5.41) is 29.4. The summed E-state index contributed by atoms with van der Waals surface area (Å²) in [6, 6.07) is -0.391. The van der Waals surface area contributed by atoms with Crippen molar-refractivity contribution in [1.29, 1.82) is 0 Å². The molecule has 146 valence electrons. The molecule has 0 radical (unpaired) electrons. The van der Waals surface area contributed by atoms with Crippen molar-refractivity contribution in [3.05, 3.63) is 0 Å². The third kappa shape index (κ3) is 12.2. The molecule has 0 rings (SSSR count). The molecule has 4 heteroatoms. The third-order valence-corrected chi connectivity index (χ3v) is 4.99. The van der Waals surface area contributed by atoms with Crippen molar-refractivity contribution in [2.75, 3.05) is 20.7 Å². The van der Waals surface area contributed by atoms with Crippen LogP contribution >= 0.6 is 0 Å². The normalized spacial score (nSPS) is 15.6. The zero-order chi connectivity index (χ0) is 18.2. The van der Waals surface area contributed by atoms with Crippen molar-refractivity contribution in [1.82, 2.24) is 4.90 Å². The Bertz CT molecular complexity index is 261. The van der Waals surface area contributed by atoms with Crippen LogP contribution in [-0.4, -0.2) is 59.2 Å². The fourth-order valence-electron chi connectivity index (χ4n) is 3.20. The predicted molar refractivity (Wildman–Crippen MR) is 102 cm³/mol. The lowest BCUT2D eigenvalue weighted by Gasteiger charge is -2.30. The SMILES string of the molecule is CCCCCCCCCCCCCC[C@@H](O)[C@@H](O)[C@H](CO)N(C)C. The lowest BCUT2D eigenvalue weighted by molar-refractivity contribution is -0.0463. The van der Waals surface area contributed by atoms with Gasteiger partial charge < -0.3 is 20.2 Å². The van der Waals surface area contributed by atoms with E-state index in [4.69, 9.17) is 0 Å². The number of unbranched alkanes of at least 4 members (excludes halogenated alkanes) is 11. The molecule has 0 unspecified atom stereocenters. The highest BCUT2D eigenvalue weighted by Gasteiger charge is 2.26. The van der Waals surface area contributed by atoms with E-state index in [0.29, 0.717) is 6.42 Å². The van der Waals surface area contributed by atoms with Crippen LogP contribution in [-0.2, 0) is 0 Å². The first-order valence-electron chi connectivity index (χ1n) is 10.2. The first-order chi connectivity index (χ1) is 11.5. The van der Waals surface area contributed by atoms with Crippen molar-refractivity contribution in [2.45, 2.75) is 109 Å². The summed E-state index contributed by atoms with van der Waals surface area (Å²) in [5.41, 5.74) is 0. The van der Waals surface area contributed by atoms with Gasteiger partial charge in [-0.05, 0) is 20.5 Å². The lowest BCUT2D eigenvalue weighted by Crippen LogP contribution is -2.47. The van der Waals surface area contributed by atoms with Crippen molar-refractivity contribution in [3.8, 4) is 0 Å². The molecule has 3 N–H and O–H groups in total. The first kappa shape index (κ1) is 23.8. The topological polar surface area (TPSA) is 63.9 Å². The molecule has 4 nitrogen and oxygen atoms in total. The molecule has 0 amide bonds. The zero-order valence-electron chi connectivity index (χ0n) is 16.4. The highest BCUT2D eigenvalue weighted by atomic mass is 16.3. The van der Waals surface area contributed by atoms with E-state index in [9.17, 15) is 15.3 Å². The van der Waals surface area contributed by atoms with Crippen LogP contribution in [0.2, 0.25) is 0 Å². The van der Waals surface area contributed by atoms with E-state index in [1.165, 1.54) is 64.2 Å². The predicted octanol–water partition coefficient (Wildman–Crippen LogP) is 3.72. The smallest absolute Gasteiger partial charge is 0.0975 e. The fraction of sp³-hybridized carbons (Fsp3) is 1.00. The van der Waals surface area contributed by atoms with Crippen LogP contribution in [0.1, 0.15) is 90.4 Å². The highest BCUT2D eigenvalue weighted by molar-refractivity contribution is 4.80. The molecule has 0 aliphatic carbocycles. The van der Waals surface area contributed by atoms with Gasteiger partial charge in [-0.1, -0.05) is 84.0 Å². The summed E-state index contributed by atoms with van der Waals surface area (Å²) in [4.78, 5) is 1.76. The van der Waals surface area contributed by atoms with Gasteiger partial charge in [0.2, 0.25) is 0 Å². The molecule has 0 bridgehead atoms. The quantitative estimate of drug-likeness (QED) is 0.352. The van der Waals surface area contributed by atoms with Crippen molar-refractivity contribution >= 4 is 0 Å². The Morgan fingerprint density at radius 3 is 1.50 bits per heavy atom. The average Bonchev–Trinajstić information content (AvgIpc) is 2.55. The number of likely N-dealkylation sites (N-methyl/N-ethyl adjacent to an activating group) is 1. The maximum Gasteiger partial charge on any atom is 0.0975 e. The Kier molecular flexibility index (Phi) is 16.2. The number of hydrogen-bond acceptors (Lipinski definition) is 4. The zero-order valence-corrected chi connectivity index (χ0v) is 16.4. The molecule has 24 heavy (non-hydrogen) atoms. The maximum atomic E-state index is 10.1. The molecular weight excluding hydrogens is 302 g/mol. The Morgan fingerprint density at radius 1 is 0.708 bits per heavy atom. The molecular formula is C20H43NO3. The summed E-state index contributed by atoms with van der Waals surface area (Å²) < 4.78 is 0. The minimum atomic E-state index is -0.877. The molecule has 0 aromatic carbocycles. The lowest BCUT2D eigenvalue weighted by atomic mass is 9.99. The van der Waals surface area contributed by atoms with Crippen LogP contribution in [0.4, 0.5) is 0 Å². The van der Waals surface area contributed by atoms with E-state index in [-0.39, 0.29) is 6.61 Å². The summed E-state index contributed by atoms with van der Waals surface area (Å²) in [6.45, 7) is 2.12. The molecule has 0 aromatic rings. The van der Waals surface area contributed by atoms with Gasteiger partial charge in [-0.3, -0.25) is 0 Å². The van der Waals surface area contributed by atoms with Crippen LogP contribution in [0.15, 0.2) is 0 Å². The average molecular weight is 346 g/mol. The number of rotatable bonds is 17. The first-order valence-corrected chi connectivity index (χ1v) is 10.2. The van der Waals surface area contributed by atoms with Crippen LogP contribution in [0.5, 0.6) is 0 Å². The number of aliphatic hydroxyl groups excluding tert-OH is 3. The molecule has 0 heterocycles. The van der Waals surface area contributed by atoms with Gasteiger partial charge in [0.25, 0.3) is 0 Å². The second-order valence-electron chi connectivity index (χ2n) is 7.45. The Morgan fingerprint density at radius 2 is 1.12 bits per heavy atom. The third-order valence-electron chi connectivity index (χ3n) is 4.99. The number of aliphatic hydroxyl groups is 3. The van der Waals surface area contributed by atoms with E-state index >= 15 is 0 Å². The summed E-state index contributed by atoms with van der Waals surface area (Å²) in [7, 11) is 3.61. The van der Waals surface area contributed by atoms with E-state index in [1.54, 1.807) is 19.0 Å². The monoisotopic (exact) mass is 345 g/mol. The van der Waals surface area contributed by atoms with Crippen molar-refractivity contribution < 1.29 is 15.3 Å². The fourth-order valence-corrected chi connectivity index (χ4v) is 3.20. The highest BCUT2D eigenvalue weighted by Crippen LogP contribution is 2.15. The van der Waals surface area contributed by atoms with E-state index in [0.717, 1.165) is 12.8 Å². The Hall–Kier alpha value is -0.160. The van der Waals surface area contributed by atoms with Gasteiger partial charge in [0, 0.05) is 0 Å². The number of nitrogens with zero attached hydrogens (tertiary/aromatic N) is 1. The van der Waals surface area contributed by atoms with Gasteiger partial charge in [0.1, 0.15) is 0 Å².